The van der Waals surface area contributed by atoms with Gasteiger partial charge in [-0.05, 0) is 37.8 Å². The average Bonchev–Trinajstić information content (AvgIpc) is 3.26. The van der Waals surface area contributed by atoms with Crippen molar-refractivity contribution >= 4 is 17.5 Å². The maximum absolute atomic E-state index is 11.9. The summed E-state index contributed by atoms with van der Waals surface area (Å²) in [6.45, 7) is 0. The molecule has 0 spiro atoms. The molecular weight excluding hydrogens is 252 g/mol. The Labute approximate surface area is 119 Å². The average molecular weight is 274 g/mol. The number of carbonyl (C=O) groups is 1. The lowest BCUT2D eigenvalue weighted by atomic mass is 9.96. The van der Waals surface area contributed by atoms with Crippen molar-refractivity contribution < 1.29 is 4.79 Å². The van der Waals surface area contributed by atoms with Crippen molar-refractivity contribution in [2.45, 2.75) is 57.0 Å². The molecule has 3 N–H and O–H groups in total. The van der Waals surface area contributed by atoms with Gasteiger partial charge in [0, 0.05) is 12.1 Å². The summed E-state index contributed by atoms with van der Waals surface area (Å²) in [6, 6.07) is 4.59. The van der Waals surface area contributed by atoms with Crippen LogP contribution >= 0.6 is 0 Å². The zero-order chi connectivity index (χ0) is 13.8. The van der Waals surface area contributed by atoms with Gasteiger partial charge in [-0.1, -0.05) is 19.3 Å². The lowest BCUT2D eigenvalue weighted by molar-refractivity contribution is 0.244. The molecule has 0 bridgehead atoms. The largest absolute Gasteiger partial charge is 0.381 e. The summed E-state index contributed by atoms with van der Waals surface area (Å²) in [5.74, 6) is 0.597. The summed E-state index contributed by atoms with van der Waals surface area (Å²) in [6.07, 6.45) is 10.1. The van der Waals surface area contributed by atoms with Gasteiger partial charge >= 0.3 is 6.03 Å². The van der Waals surface area contributed by atoms with E-state index in [0.29, 0.717) is 17.9 Å². The molecule has 2 fully saturated rings. The van der Waals surface area contributed by atoms with E-state index in [1.54, 1.807) is 6.20 Å². The van der Waals surface area contributed by atoms with E-state index in [1.165, 1.54) is 32.1 Å². The van der Waals surface area contributed by atoms with Crippen LogP contribution in [0.5, 0.6) is 0 Å². The first-order valence-electron chi connectivity index (χ1n) is 7.60. The van der Waals surface area contributed by atoms with Gasteiger partial charge in [-0.15, -0.1) is 0 Å². The van der Waals surface area contributed by atoms with Crippen LogP contribution in [0, 0.1) is 0 Å². The number of urea groups is 1. The molecule has 0 unspecified atom stereocenters. The van der Waals surface area contributed by atoms with Crippen LogP contribution in [0.15, 0.2) is 18.3 Å². The topological polar surface area (TPSA) is 66.0 Å². The second-order valence-corrected chi connectivity index (χ2v) is 5.78. The Bertz CT molecular complexity index is 449. The Morgan fingerprint density at radius 3 is 2.50 bits per heavy atom. The van der Waals surface area contributed by atoms with E-state index >= 15 is 0 Å². The fourth-order valence-corrected chi connectivity index (χ4v) is 2.60. The first-order chi connectivity index (χ1) is 9.79. The maximum Gasteiger partial charge on any atom is 0.320 e. The fraction of sp³-hybridized carbons (Fsp3) is 0.600. The summed E-state index contributed by atoms with van der Waals surface area (Å²) in [4.78, 5) is 16.1. The number of nitrogens with one attached hydrogen (secondary N) is 3. The molecule has 1 aromatic rings. The molecule has 5 heteroatoms. The minimum Gasteiger partial charge on any atom is -0.381 e. The van der Waals surface area contributed by atoms with Crippen LogP contribution in [0.1, 0.15) is 44.9 Å². The summed E-state index contributed by atoms with van der Waals surface area (Å²) >= 11 is 0. The highest BCUT2D eigenvalue weighted by Gasteiger charge is 2.20. The number of amides is 2. The smallest absolute Gasteiger partial charge is 0.320 e. The van der Waals surface area contributed by atoms with E-state index in [1.807, 2.05) is 12.1 Å². The lowest BCUT2D eigenvalue weighted by Gasteiger charge is -2.22. The molecule has 2 saturated carbocycles. The number of hydrogen-bond acceptors (Lipinski definition) is 3. The molecule has 0 aliphatic heterocycles. The second-order valence-electron chi connectivity index (χ2n) is 5.78. The maximum atomic E-state index is 11.9. The van der Waals surface area contributed by atoms with Crippen molar-refractivity contribution in [3.63, 3.8) is 0 Å². The van der Waals surface area contributed by atoms with E-state index in [2.05, 4.69) is 20.9 Å². The molecule has 1 heterocycles. The number of nitrogens with zero attached hydrogens (tertiary/aromatic N) is 1. The highest BCUT2D eigenvalue weighted by atomic mass is 16.2. The SMILES string of the molecule is O=C(Nc1ccc(NC2CC2)cn1)NC1CCCCC1. The lowest BCUT2D eigenvalue weighted by Crippen LogP contribution is -2.39. The standard InChI is InChI=1S/C15H22N4O/c20-15(18-11-4-2-1-3-5-11)19-14-9-8-13(10-16-14)17-12-6-7-12/h8-12,17H,1-7H2,(H2,16,18,19,20). The van der Waals surface area contributed by atoms with E-state index in [0.717, 1.165) is 18.5 Å². The summed E-state index contributed by atoms with van der Waals surface area (Å²) in [5.41, 5.74) is 1.02. The third-order valence-corrected chi connectivity index (χ3v) is 3.89. The van der Waals surface area contributed by atoms with E-state index in [-0.39, 0.29) is 6.03 Å². The third kappa shape index (κ3) is 3.85. The number of hydrogen-bond donors (Lipinski definition) is 3. The van der Waals surface area contributed by atoms with Crippen molar-refractivity contribution in [2.24, 2.45) is 0 Å². The number of aromatic nitrogens is 1. The third-order valence-electron chi connectivity index (χ3n) is 3.89. The monoisotopic (exact) mass is 274 g/mol. The molecule has 3 rings (SSSR count). The van der Waals surface area contributed by atoms with Gasteiger partial charge in [-0.2, -0.15) is 0 Å². The zero-order valence-electron chi connectivity index (χ0n) is 11.7. The molecule has 0 aromatic carbocycles. The molecule has 0 radical (unpaired) electrons. The van der Waals surface area contributed by atoms with Crippen LogP contribution in [0.4, 0.5) is 16.3 Å². The molecular formula is C15H22N4O. The van der Waals surface area contributed by atoms with Crippen molar-refractivity contribution in [2.75, 3.05) is 10.6 Å². The Morgan fingerprint density at radius 2 is 1.85 bits per heavy atom. The predicted molar refractivity (Wildman–Crippen MR) is 79.9 cm³/mol. The Morgan fingerprint density at radius 1 is 1.05 bits per heavy atom. The van der Waals surface area contributed by atoms with Gasteiger partial charge in [0.05, 0.1) is 11.9 Å². The molecule has 2 aliphatic rings. The van der Waals surface area contributed by atoms with Crippen molar-refractivity contribution in [1.29, 1.82) is 0 Å². The number of pyridine rings is 1. The van der Waals surface area contributed by atoms with Crippen LogP contribution in [0.3, 0.4) is 0 Å². The van der Waals surface area contributed by atoms with E-state index in [4.69, 9.17) is 0 Å². The molecule has 1 aromatic heterocycles. The van der Waals surface area contributed by atoms with Crippen LogP contribution in [-0.2, 0) is 0 Å². The van der Waals surface area contributed by atoms with Gasteiger partial charge in [0.2, 0.25) is 0 Å². The molecule has 5 nitrogen and oxygen atoms in total. The van der Waals surface area contributed by atoms with Gasteiger partial charge in [-0.3, -0.25) is 5.32 Å². The van der Waals surface area contributed by atoms with Crippen molar-refractivity contribution in [1.82, 2.24) is 10.3 Å². The summed E-state index contributed by atoms with van der Waals surface area (Å²) in [5, 5.41) is 9.19. The molecule has 2 aliphatic carbocycles. The molecule has 0 atom stereocenters. The first kappa shape index (κ1) is 13.2. The van der Waals surface area contributed by atoms with Gasteiger partial charge in [0.25, 0.3) is 0 Å². The van der Waals surface area contributed by atoms with Gasteiger partial charge < -0.3 is 10.6 Å². The minimum absolute atomic E-state index is 0.146. The Kier molecular flexibility index (Phi) is 4.04. The minimum atomic E-state index is -0.146. The normalized spacial score (nSPS) is 19.4. The molecule has 2 amide bonds. The first-order valence-corrected chi connectivity index (χ1v) is 7.60. The number of anilines is 2. The van der Waals surface area contributed by atoms with E-state index < -0.39 is 0 Å². The van der Waals surface area contributed by atoms with Crippen molar-refractivity contribution in [3.05, 3.63) is 18.3 Å². The van der Waals surface area contributed by atoms with Crippen LogP contribution in [0.25, 0.3) is 0 Å². The summed E-state index contributed by atoms with van der Waals surface area (Å²) < 4.78 is 0. The van der Waals surface area contributed by atoms with Gasteiger partial charge in [-0.25, -0.2) is 9.78 Å². The Balaban J connectivity index is 1.47. The van der Waals surface area contributed by atoms with Crippen LogP contribution in [-0.4, -0.2) is 23.1 Å². The second kappa shape index (κ2) is 6.11. The highest BCUT2D eigenvalue weighted by molar-refractivity contribution is 5.88. The van der Waals surface area contributed by atoms with Gasteiger partial charge in [0.15, 0.2) is 0 Å². The molecule has 0 saturated heterocycles. The summed E-state index contributed by atoms with van der Waals surface area (Å²) in [7, 11) is 0. The zero-order valence-corrected chi connectivity index (χ0v) is 11.7. The molecule has 108 valence electrons. The Hall–Kier alpha value is -1.78. The van der Waals surface area contributed by atoms with Crippen LogP contribution < -0.4 is 16.0 Å². The quantitative estimate of drug-likeness (QED) is 0.790. The van der Waals surface area contributed by atoms with Gasteiger partial charge in [0.1, 0.15) is 5.82 Å². The molecule has 20 heavy (non-hydrogen) atoms. The number of rotatable bonds is 4. The number of carbonyl (C=O) groups excluding carboxylic acids is 1. The predicted octanol–water partition coefficient (Wildman–Crippen LogP) is 3.11. The van der Waals surface area contributed by atoms with Crippen LogP contribution in [0.2, 0.25) is 0 Å². The van der Waals surface area contributed by atoms with Crippen molar-refractivity contribution in [3.8, 4) is 0 Å². The fourth-order valence-electron chi connectivity index (χ4n) is 2.60. The van der Waals surface area contributed by atoms with E-state index in [9.17, 15) is 4.79 Å². The highest BCUT2D eigenvalue weighted by Crippen LogP contribution is 2.24.